The van der Waals surface area contributed by atoms with Crippen LogP contribution in [-0.2, 0) is 14.3 Å². The number of carbonyl (C=O) groups is 2. The number of benzene rings is 2. The fourth-order valence-electron chi connectivity index (χ4n) is 3.07. The molecule has 0 atom stereocenters. The molecule has 2 aromatic rings. The Morgan fingerprint density at radius 1 is 1.11 bits per heavy atom. The highest BCUT2D eigenvalue weighted by Gasteiger charge is 2.34. The third-order valence-electron chi connectivity index (χ3n) is 4.33. The molecule has 0 spiro atoms. The van der Waals surface area contributed by atoms with Crippen LogP contribution in [0.2, 0.25) is 0 Å². The largest absolute Gasteiger partial charge is 0.493 e. The van der Waals surface area contributed by atoms with Crippen LogP contribution in [0.5, 0.6) is 11.5 Å². The van der Waals surface area contributed by atoms with E-state index in [-0.39, 0.29) is 19.1 Å². The summed E-state index contributed by atoms with van der Waals surface area (Å²) < 4.78 is 16.4. The summed E-state index contributed by atoms with van der Waals surface area (Å²) in [5.74, 6) is 0.475. The predicted molar refractivity (Wildman–Crippen MR) is 111 cm³/mol. The molecule has 1 heterocycles. The monoisotopic (exact) mass is 445 g/mol. The fourth-order valence-corrected chi connectivity index (χ4v) is 3.43. The van der Waals surface area contributed by atoms with E-state index >= 15 is 0 Å². The van der Waals surface area contributed by atoms with Crippen molar-refractivity contribution in [1.82, 2.24) is 0 Å². The Balaban J connectivity index is 2.04. The molecule has 146 valence electrons. The molecule has 0 fully saturated rings. The Morgan fingerprint density at radius 2 is 1.86 bits per heavy atom. The number of hydrogen-bond acceptors (Lipinski definition) is 5. The number of nitrogens with zero attached hydrogens (tertiary/aromatic N) is 1. The molecule has 1 aliphatic heterocycles. The van der Waals surface area contributed by atoms with Gasteiger partial charge in [0, 0.05) is 15.6 Å². The highest BCUT2D eigenvalue weighted by atomic mass is 79.9. The van der Waals surface area contributed by atoms with E-state index in [2.05, 4.69) is 15.9 Å². The van der Waals surface area contributed by atoms with Gasteiger partial charge in [-0.05, 0) is 48.9 Å². The van der Waals surface area contributed by atoms with Gasteiger partial charge in [-0.1, -0.05) is 22.0 Å². The summed E-state index contributed by atoms with van der Waals surface area (Å²) in [4.78, 5) is 26.5. The Morgan fingerprint density at radius 3 is 2.54 bits per heavy atom. The molecule has 0 saturated heterocycles. The maximum atomic E-state index is 13.1. The number of fused-ring (bicyclic) bond motifs is 1. The topological polar surface area (TPSA) is 65.1 Å². The number of halogens is 1. The molecule has 0 unspecified atom stereocenters. The summed E-state index contributed by atoms with van der Waals surface area (Å²) in [5, 5.41) is 0. The smallest absolute Gasteiger partial charge is 0.326 e. The lowest BCUT2D eigenvalue weighted by Gasteiger charge is -2.15. The Bertz CT molecular complexity index is 954. The maximum Gasteiger partial charge on any atom is 0.326 e. The molecule has 0 radical (unpaired) electrons. The van der Waals surface area contributed by atoms with Gasteiger partial charge in [-0.15, -0.1) is 0 Å². The number of amides is 1. The zero-order chi connectivity index (χ0) is 20.3. The van der Waals surface area contributed by atoms with Gasteiger partial charge in [0.05, 0.1) is 26.5 Å². The van der Waals surface area contributed by atoms with Gasteiger partial charge < -0.3 is 14.2 Å². The zero-order valence-electron chi connectivity index (χ0n) is 15.8. The van der Waals surface area contributed by atoms with Crippen molar-refractivity contribution in [3.05, 3.63) is 52.0 Å². The first kappa shape index (κ1) is 19.9. The fraction of sp³-hybridized carbons (Fsp3) is 0.238. The summed E-state index contributed by atoms with van der Waals surface area (Å²) in [7, 11) is 3.13. The predicted octanol–water partition coefficient (Wildman–Crippen LogP) is 3.92. The molecule has 7 heteroatoms. The molecule has 3 rings (SSSR count). The van der Waals surface area contributed by atoms with Crippen LogP contribution in [0.25, 0.3) is 11.6 Å². The van der Waals surface area contributed by atoms with Crippen LogP contribution < -0.4 is 14.4 Å². The lowest BCUT2D eigenvalue weighted by molar-refractivity contribution is -0.142. The van der Waals surface area contributed by atoms with Crippen molar-refractivity contribution in [3.8, 4) is 11.5 Å². The second-order valence-electron chi connectivity index (χ2n) is 6.03. The molecule has 1 amide bonds. The van der Waals surface area contributed by atoms with E-state index in [1.54, 1.807) is 39.4 Å². The highest BCUT2D eigenvalue weighted by Crippen LogP contribution is 2.40. The molecule has 6 nitrogen and oxygen atoms in total. The Kier molecular flexibility index (Phi) is 6.04. The van der Waals surface area contributed by atoms with Crippen LogP contribution >= 0.6 is 15.9 Å². The van der Waals surface area contributed by atoms with E-state index in [0.717, 1.165) is 15.6 Å². The minimum absolute atomic E-state index is 0.134. The van der Waals surface area contributed by atoms with Crippen LogP contribution in [0, 0.1) is 0 Å². The lowest BCUT2D eigenvalue weighted by Crippen LogP contribution is -2.33. The maximum absolute atomic E-state index is 13.1. The van der Waals surface area contributed by atoms with E-state index in [9.17, 15) is 9.59 Å². The van der Waals surface area contributed by atoms with Gasteiger partial charge in [0.1, 0.15) is 6.54 Å². The van der Waals surface area contributed by atoms with Gasteiger partial charge in [0.2, 0.25) is 0 Å². The summed E-state index contributed by atoms with van der Waals surface area (Å²) >= 11 is 3.45. The van der Waals surface area contributed by atoms with Crippen molar-refractivity contribution in [3.63, 3.8) is 0 Å². The molecule has 0 N–H and O–H groups in total. The highest BCUT2D eigenvalue weighted by molar-refractivity contribution is 9.10. The standard InChI is InChI=1S/C21H20BrNO5/c1-4-28-20(24)12-23-17-7-6-14(22)11-15(17)16(21(23)25)9-13-5-8-18(26-2)19(10-13)27-3/h5-11H,4,12H2,1-3H3/b16-9+. The minimum atomic E-state index is -0.447. The number of methoxy groups -OCH3 is 2. The van der Waals surface area contributed by atoms with Gasteiger partial charge >= 0.3 is 5.97 Å². The van der Waals surface area contributed by atoms with Gasteiger partial charge in [0.15, 0.2) is 11.5 Å². The lowest BCUT2D eigenvalue weighted by atomic mass is 10.0. The quantitative estimate of drug-likeness (QED) is 0.497. The Labute approximate surface area is 171 Å². The third-order valence-corrected chi connectivity index (χ3v) is 4.82. The van der Waals surface area contributed by atoms with E-state index in [4.69, 9.17) is 14.2 Å². The van der Waals surface area contributed by atoms with Gasteiger partial charge in [-0.2, -0.15) is 0 Å². The number of hydrogen-bond donors (Lipinski definition) is 0. The van der Waals surface area contributed by atoms with E-state index < -0.39 is 5.97 Å². The zero-order valence-corrected chi connectivity index (χ0v) is 17.4. The second kappa shape index (κ2) is 8.48. The average Bonchev–Trinajstić information content (AvgIpc) is 2.93. The molecular weight excluding hydrogens is 426 g/mol. The van der Waals surface area contributed by atoms with Crippen LogP contribution in [-0.4, -0.2) is 39.2 Å². The molecule has 28 heavy (non-hydrogen) atoms. The van der Waals surface area contributed by atoms with E-state index in [1.165, 1.54) is 4.90 Å². The average molecular weight is 446 g/mol. The number of rotatable bonds is 6. The van der Waals surface area contributed by atoms with Gasteiger partial charge in [-0.25, -0.2) is 0 Å². The molecule has 0 saturated carbocycles. The molecule has 0 aromatic heterocycles. The summed E-state index contributed by atoms with van der Waals surface area (Å²) in [5.41, 5.74) is 2.70. The van der Waals surface area contributed by atoms with Crippen LogP contribution in [0.1, 0.15) is 18.1 Å². The first-order valence-corrected chi connectivity index (χ1v) is 9.49. The number of ether oxygens (including phenoxy) is 3. The first-order valence-electron chi connectivity index (χ1n) is 8.69. The summed E-state index contributed by atoms with van der Waals surface area (Å²) in [6.07, 6.45) is 1.78. The summed E-state index contributed by atoms with van der Waals surface area (Å²) in [6.45, 7) is 1.87. The van der Waals surface area contributed by atoms with Crippen molar-refractivity contribution in [2.24, 2.45) is 0 Å². The van der Waals surface area contributed by atoms with Crippen LogP contribution in [0.4, 0.5) is 5.69 Å². The van der Waals surface area contributed by atoms with Crippen molar-refractivity contribution < 1.29 is 23.8 Å². The number of esters is 1. The molecule has 0 bridgehead atoms. The van der Waals surface area contributed by atoms with Crippen molar-refractivity contribution in [2.75, 3.05) is 32.3 Å². The minimum Gasteiger partial charge on any atom is -0.493 e. The third kappa shape index (κ3) is 3.89. The van der Waals surface area contributed by atoms with Gasteiger partial charge in [-0.3, -0.25) is 14.5 Å². The van der Waals surface area contributed by atoms with Crippen LogP contribution in [0.3, 0.4) is 0 Å². The number of carbonyl (C=O) groups excluding carboxylic acids is 2. The molecular formula is C21H20BrNO5. The molecule has 1 aliphatic rings. The van der Waals surface area contributed by atoms with Gasteiger partial charge in [0.25, 0.3) is 5.91 Å². The SMILES string of the molecule is CCOC(=O)CN1C(=O)/C(=C/c2ccc(OC)c(OC)c2)c2cc(Br)ccc21. The Hall–Kier alpha value is -2.80. The summed E-state index contributed by atoms with van der Waals surface area (Å²) in [6, 6.07) is 10.9. The first-order chi connectivity index (χ1) is 13.5. The normalized spacial score (nSPS) is 14.2. The molecule has 0 aliphatic carbocycles. The second-order valence-corrected chi connectivity index (χ2v) is 6.95. The van der Waals surface area contributed by atoms with E-state index in [0.29, 0.717) is 22.8 Å². The van der Waals surface area contributed by atoms with E-state index in [1.807, 2.05) is 24.3 Å². The van der Waals surface area contributed by atoms with Crippen molar-refractivity contribution in [1.29, 1.82) is 0 Å². The number of anilines is 1. The van der Waals surface area contributed by atoms with Crippen LogP contribution in [0.15, 0.2) is 40.9 Å². The molecule has 2 aromatic carbocycles. The van der Waals surface area contributed by atoms with Crippen molar-refractivity contribution >= 4 is 45.1 Å². The van der Waals surface area contributed by atoms with Crippen molar-refractivity contribution in [2.45, 2.75) is 6.92 Å².